The molecule has 1 aromatic heterocycles. The van der Waals surface area contributed by atoms with E-state index in [1.807, 2.05) is 6.08 Å². The van der Waals surface area contributed by atoms with Gasteiger partial charge >= 0.3 is 0 Å². The first kappa shape index (κ1) is 9.55. The van der Waals surface area contributed by atoms with E-state index in [2.05, 4.69) is 26.9 Å². The standard InChI is InChI=1S/C10H13N3S/c1-2-5-13-6-3-4-9(7-13)10-11-8-12-14-10/h2,4,8H,1,3,5-7H2. The monoisotopic (exact) mass is 207 g/mol. The predicted octanol–water partition coefficient (Wildman–Crippen LogP) is 1.81. The largest absolute Gasteiger partial charge is 0.295 e. The van der Waals surface area contributed by atoms with Crippen molar-refractivity contribution in [2.75, 3.05) is 19.6 Å². The maximum atomic E-state index is 4.22. The van der Waals surface area contributed by atoms with Crippen LogP contribution in [0.15, 0.2) is 25.1 Å². The summed E-state index contributed by atoms with van der Waals surface area (Å²) in [5.41, 5.74) is 1.31. The van der Waals surface area contributed by atoms with Crippen LogP contribution in [0.5, 0.6) is 0 Å². The summed E-state index contributed by atoms with van der Waals surface area (Å²) in [6, 6.07) is 0. The van der Waals surface area contributed by atoms with Crippen molar-refractivity contribution in [3.8, 4) is 0 Å². The Hall–Kier alpha value is -1.00. The summed E-state index contributed by atoms with van der Waals surface area (Å²) in [4.78, 5) is 6.59. The molecule has 0 unspecified atom stereocenters. The molecule has 74 valence electrons. The van der Waals surface area contributed by atoms with Crippen molar-refractivity contribution < 1.29 is 0 Å². The summed E-state index contributed by atoms with van der Waals surface area (Å²) in [5, 5.41) is 1.05. The van der Waals surface area contributed by atoms with E-state index in [-0.39, 0.29) is 0 Å². The van der Waals surface area contributed by atoms with Crippen LogP contribution in [0.1, 0.15) is 11.4 Å². The van der Waals surface area contributed by atoms with Gasteiger partial charge in [0.2, 0.25) is 0 Å². The van der Waals surface area contributed by atoms with Crippen LogP contribution in [0.4, 0.5) is 0 Å². The number of rotatable bonds is 3. The van der Waals surface area contributed by atoms with Crippen LogP contribution < -0.4 is 0 Å². The van der Waals surface area contributed by atoms with Crippen LogP contribution in [0, 0.1) is 0 Å². The van der Waals surface area contributed by atoms with Crippen molar-refractivity contribution in [3.63, 3.8) is 0 Å². The van der Waals surface area contributed by atoms with Gasteiger partial charge in [-0.15, -0.1) is 6.58 Å². The summed E-state index contributed by atoms with van der Waals surface area (Å²) >= 11 is 1.47. The molecule has 0 fully saturated rings. The van der Waals surface area contributed by atoms with E-state index >= 15 is 0 Å². The molecule has 1 aromatic rings. The third-order valence-electron chi connectivity index (χ3n) is 2.25. The Labute approximate surface area is 87.9 Å². The van der Waals surface area contributed by atoms with Gasteiger partial charge in [-0.2, -0.15) is 4.37 Å². The predicted molar refractivity (Wildman–Crippen MR) is 59.1 cm³/mol. The first-order valence-corrected chi connectivity index (χ1v) is 5.47. The second kappa shape index (κ2) is 4.48. The summed E-state index contributed by atoms with van der Waals surface area (Å²) in [6.07, 6.45) is 6.93. The zero-order valence-corrected chi connectivity index (χ0v) is 8.83. The topological polar surface area (TPSA) is 29.0 Å². The third kappa shape index (κ3) is 2.08. The minimum atomic E-state index is 0.955. The zero-order chi connectivity index (χ0) is 9.80. The molecular formula is C10H13N3S. The Balaban J connectivity index is 2.07. The fourth-order valence-electron chi connectivity index (χ4n) is 1.61. The average Bonchev–Trinajstić information content (AvgIpc) is 2.71. The van der Waals surface area contributed by atoms with Crippen LogP contribution >= 0.6 is 11.5 Å². The van der Waals surface area contributed by atoms with Gasteiger partial charge in [0.25, 0.3) is 0 Å². The molecule has 0 N–H and O–H groups in total. The molecule has 2 rings (SSSR count). The minimum absolute atomic E-state index is 0.955. The average molecular weight is 207 g/mol. The van der Waals surface area contributed by atoms with Crippen LogP contribution in [-0.4, -0.2) is 33.9 Å². The summed E-state index contributed by atoms with van der Waals surface area (Å²) < 4.78 is 4.02. The van der Waals surface area contributed by atoms with E-state index in [1.165, 1.54) is 17.1 Å². The maximum Gasteiger partial charge on any atom is 0.140 e. The van der Waals surface area contributed by atoms with Crippen molar-refractivity contribution in [2.24, 2.45) is 0 Å². The Bertz CT molecular complexity index is 329. The highest BCUT2D eigenvalue weighted by Crippen LogP contribution is 2.20. The van der Waals surface area contributed by atoms with Crippen LogP contribution in [0.3, 0.4) is 0 Å². The second-order valence-corrected chi connectivity index (χ2v) is 4.07. The molecule has 0 bridgehead atoms. The first-order chi connectivity index (χ1) is 6.90. The van der Waals surface area contributed by atoms with Crippen LogP contribution in [-0.2, 0) is 0 Å². The third-order valence-corrected chi connectivity index (χ3v) is 2.99. The molecule has 0 aliphatic carbocycles. The van der Waals surface area contributed by atoms with E-state index in [0.717, 1.165) is 31.1 Å². The van der Waals surface area contributed by atoms with Crippen LogP contribution in [0.2, 0.25) is 0 Å². The molecule has 0 aromatic carbocycles. The summed E-state index contributed by atoms with van der Waals surface area (Å²) in [6.45, 7) is 6.80. The molecule has 4 heteroatoms. The molecule has 0 saturated heterocycles. The van der Waals surface area contributed by atoms with Crippen molar-refractivity contribution >= 4 is 17.1 Å². The Morgan fingerprint density at radius 1 is 1.64 bits per heavy atom. The number of nitrogens with zero attached hydrogens (tertiary/aromatic N) is 3. The molecule has 0 amide bonds. The van der Waals surface area contributed by atoms with Gasteiger partial charge in [-0.25, -0.2) is 4.98 Å². The van der Waals surface area contributed by atoms with Gasteiger partial charge in [-0.05, 0) is 23.5 Å². The van der Waals surface area contributed by atoms with Gasteiger partial charge in [-0.3, -0.25) is 4.90 Å². The molecular weight excluding hydrogens is 194 g/mol. The van der Waals surface area contributed by atoms with E-state index in [4.69, 9.17) is 0 Å². The van der Waals surface area contributed by atoms with Gasteiger partial charge in [0.1, 0.15) is 11.3 Å². The SMILES string of the molecule is C=CCN1CCC=C(c2ncns2)C1. The quantitative estimate of drug-likeness (QED) is 0.708. The van der Waals surface area contributed by atoms with E-state index in [0.29, 0.717) is 0 Å². The van der Waals surface area contributed by atoms with Gasteiger partial charge in [0.05, 0.1) is 0 Å². The van der Waals surface area contributed by atoms with Crippen LogP contribution in [0.25, 0.3) is 5.57 Å². The molecule has 0 spiro atoms. The zero-order valence-electron chi connectivity index (χ0n) is 8.02. The molecule has 1 aliphatic heterocycles. The van der Waals surface area contributed by atoms with Crippen molar-refractivity contribution in [2.45, 2.75) is 6.42 Å². The smallest absolute Gasteiger partial charge is 0.140 e. The maximum absolute atomic E-state index is 4.22. The van der Waals surface area contributed by atoms with E-state index in [9.17, 15) is 0 Å². The molecule has 3 nitrogen and oxygen atoms in total. The van der Waals surface area contributed by atoms with Gasteiger partial charge in [-0.1, -0.05) is 12.2 Å². The van der Waals surface area contributed by atoms with E-state index in [1.54, 1.807) is 6.33 Å². The highest BCUT2D eigenvalue weighted by molar-refractivity contribution is 7.06. The lowest BCUT2D eigenvalue weighted by Gasteiger charge is -2.24. The summed E-state index contributed by atoms with van der Waals surface area (Å²) in [5.74, 6) is 0. The van der Waals surface area contributed by atoms with Gasteiger partial charge in [0.15, 0.2) is 0 Å². The lowest BCUT2D eigenvalue weighted by atomic mass is 10.1. The van der Waals surface area contributed by atoms with E-state index < -0.39 is 0 Å². The molecule has 14 heavy (non-hydrogen) atoms. The lowest BCUT2D eigenvalue weighted by Crippen LogP contribution is -2.29. The highest BCUT2D eigenvalue weighted by Gasteiger charge is 2.14. The molecule has 1 aliphatic rings. The van der Waals surface area contributed by atoms with Crippen molar-refractivity contribution in [3.05, 3.63) is 30.1 Å². The number of hydrogen-bond acceptors (Lipinski definition) is 4. The fourth-order valence-corrected chi connectivity index (χ4v) is 2.17. The van der Waals surface area contributed by atoms with Crippen molar-refractivity contribution in [1.82, 2.24) is 14.3 Å². The number of hydrogen-bond donors (Lipinski definition) is 0. The fraction of sp³-hybridized carbons (Fsp3) is 0.400. The molecule has 0 atom stereocenters. The minimum Gasteiger partial charge on any atom is -0.295 e. The molecule has 0 saturated carbocycles. The Kier molecular flexibility index (Phi) is 3.06. The molecule has 0 radical (unpaired) electrons. The second-order valence-electron chi connectivity index (χ2n) is 3.29. The first-order valence-electron chi connectivity index (χ1n) is 4.69. The lowest BCUT2D eigenvalue weighted by molar-refractivity contribution is 0.337. The van der Waals surface area contributed by atoms with Gasteiger partial charge < -0.3 is 0 Å². The highest BCUT2D eigenvalue weighted by atomic mass is 32.1. The Morgan fingerprint density at radius 3 is 3.29 bits per heavy atom. The summed E-state index contributed by atoms with van der Waals surface area (Å²) in [7, 11) is 0. The Morgan fingerprint density at radius 2 is 2.57 bits per heavy atom. The molecule has 2 heterocycles. The normalized spacial score (nSPS) is 17.9. The van der Waals surface area contributed by atoms with Gasteiger partial charge in [0, 0.05) is 19.6 Å². The van der Waals surface area contributed by atoms with Crippen molar-refractivity contribution in [1.29, 1.82) is 0 Å². The number of aromatic nitrogens is 2.